The second kappa shape index (κ2) is 4.81. The molecular weight excluding hydrogens is 250 g/mol. The summed E-state index contributed by atoms with van der Waals surface area (Å²) in [4.78, 5) is 17.3. The van der Waals surface area contributed by atoms with Gasteiger partial charge in [-0.2, -0.15) is 0 Å². The third-order valence-electron chi connectivity index (χ3n) is 3.31. The first kappa shape index (κ1) is 12.4. The summed E-state index contributed by atoms with van der Waals surface area (Å²) >= 11 is 0. The molecule has 0 saturated heterocycles. The molecule has 0 unspecified atom stereocenters. The van der Waals surface area contributed by atoms with E-state index in [9.17, 15) is 4.79 Å². The molecule has 20 heavy (non-hydrogen) atoms. The second-order valence-corrected chi connectivity index (χ2v) is 4.63. The van der Waals surface area contributed by atoms with E-state index in [4.69, 9.17) is 5.73 Å². The Morgan fingerprint density at radius 2 is 1.80 bits per heavy atom. The Morgan fingerprint density at radius 1 is 1.10 bits per heavy atom. The van der Waals surface area contributed by atoms with Crippen LogP contribution in [-0.2, 0) is 6.42 Å². The Morgan fingerprint density at radius 3 is 2.50 bits per heavy atom. The normalized spacial score (nSPS) is 10.8. The Bertz CT molecular complexity index is 819. The van der Waals surface area contributed by atoms with Crippen molar-refractivity contribution in [2.75, 3.05) is 5.73 Å². The smallest absolute Gasteiger partial charge is 0.265 e. The Hall–Kier alpha value is -2.62. The number of benzene rings is 2. The molecule has 0 aliphatic rings. The fraction of sp³-hybridized carbons (Fsp3) is 0.125. The fourth-order valence-electron chi connectivity index (χ4n) is 2.31. The van der Waals surface area contributed by atoms with Crippen molar-refractivity contribution in [3.05, 3.63) is 64.7 Å². The van der Waals surface area contributed by atoms with Gasteiger partial charge in [-0.3, -0.25) is 9.36 Å². The van der Waals surface area contributed by atoms with Gasteiger partial charge in [-0.15, -0.1) is 0 Å². The van der Waals surface area contributed by atoms with Crippen LogP contribution < -0.4 is 11.3 Å². The summed E-state index contributed by atoms with van der Waals surface area (Å²) in [6.45, 7) is 1.99. The predicted octanol–water partition coefficient (Wildman–Crippen LogP) is 2.53. The van der Waals surface area contributed by atoms with Crippen molar-refractivity contribution < 1.29 is 0 Å². The molecule has 2 aromatic carbocycles. The van der Waals surface area contributed by atoms with E-state index < -0.39 is 0 Å². The molecule has 3 rings (SSSR count). The Kier molecular flexibility index (Phi) is 2.99. The minimum Gasteiger partial charge on any atom is -0.399 e. The molecule has 3 aromatic rings. The molecule has 1 heterocycles. The zero-order valence-corrected chi connectivity index (χ0v) is 11.2. The predicted molar refractivity (Wildman–Crippen MR) is 81.1 cm³/mol. The largest absolute Gasteiger partial charge is 0.399 e. The molecule has 4 nitrogen and oxygen atoms in total. The number of fused-ring (bicyclic) bond motifs is 1. The number of hydrogen-bond donors (Lipinski definition) is 1. The highest BCUT2D eigenvalue weighted by atomic mass is 16.1. The number of aromatic nitrogens is 2. The number of rotatable bonds is 2. The lowest BCUT2D eigenvalue weighted by atomic mass is 10.2. The maximum Gasteiger partial charge on any atom is 0.265 e. The molecule has 0 bridgehead atoms. The van der Waals surface area contributed by atoms with Crippen LogP contribution in [0.15, 0.2) is 53.3 Å². The number of aryl methyl sites for hydroxylation is 1. The van der Waals surface area contributed by atoms with Crippen molar-refractivity contribution in [2.24, 2.45) is 0 Å². The number of nitrogens with two attached hydrogens (primary N) is 1. The summed E-state index contributed by atoms with van der Waals surface area (Å²) in [5.74, 6) is 0.749. The first-order chi connectivity index (χ1) is 9.70. The van der Waals surface area contributed by atoms with Gasteiger partial charge < -0.3 is 5.73 Å². The van der Waals surface area contributed by atoms with Gasteiger partial charge in [-0.05, 0) is 36.4 Å². The number of nitrogens with zero attached hydrogens (tertiary/aromatic N) is 2. The average molecular weight is 265 g/mol. The lowest BCUT2D eigenvalue weighted by Gasteiger charge is -2.12. The van der Waals surface area contributed by atoms with Crippen LogP contribution in [0.5, 0.6) is 0 Å². The van der Waals surface area contributed by atoms with Gasteiger partial charge in [0.2, 0.25) is 0 Å². The Balaban J connectivity index is 2.36. The molecule has 0 atom stereocenters. The molecule has 0 amide bonds. The zero-order valence-electron chi connectivity index (χ0n) is 11.2. The van der Waals surface area contributed by atoms with Gasteiger partial charge in [0.25, 0.3) is 5.56 Å². The summed E-state index contributed by atoms with van der Waals surface area (Å²) < 4.78 is 1.65. The third kappa shape index (κ3) is 1.95. The topological polar surface area (TPSA) is 60.9 Å². The summed E-state index contributed by atoms with van der Waals surface area (Å²) in [6, 6.07) is 14.7. The first-order valence-electron chi connectivity index (χ1n) is 6.57. The van der Waals surface area contributed by atoms with Crippen molar-refractivity contribution >= 4 is 16.6 Å². The molecule has 1 aromatic heterocycles. The van der Waals surface area contributed by atoms with Crippen LogP contribution in [0.3, 0.4) is 0 Å². The van der Waals surface area contributed by atoms with Crippen LogP contribution in [0.2, 0.25) is 0 Å². The number of para-hydroxylation sites is 1. The SMILES string of the molecule is CCc1nc2ccccc2c(=O)n1-c1ccc(N)cc1. The average Bonchev–Trinajstić information content (AvgIpc) is 2.48. The summed E-state index contributed by atoms with van der Waals surface area (Å²) in [5, 5.41) is 0.626. The number of nitrogen functional groups attached to an aromatic ring is 1. The van der Waals surface area contributed by atoms with E-state index in [1.54, 1.807) is 22.8 Å². The standard InChI is InChI=1S/C16H15N3O/c1-2-15-18-14-6-4-3-5-13(14)16(20)19(15)12-9-7-11(17)8-10-12/h3-10H,2,17H2,1H3. The van der Waals surface area contributed by atoms with E-state index in [1.165, 1.54) is 0 Å². The van der Waals surface area contributed by atoms with Crippen LogP contribution in [0.1, 0.15) is 12.7 Å². The molecule has 2 N–H and O–H groups in total. The van der Waals surface area contributed by atoms with Crippen LogP contribution in [0.4, 0.5) is 5.69 Å². The van der Waals surface area contributed by atoms with E-state index in [1.807, 2.05) is 37.3 Å². The maximum absolute atomic E-state index is 12.7. The van der Waals surface area contributed by atoms with Crippen molar-refractivity contribution in [2.45, 2.75) is 13.3 Å². The molecule has 0 aliphatic carbocycles. The third-order valence-corrected chi connectivity index (χ3v) is 3.31. The highest BCUT2D eigenvalue weighted by Gasteiger charge is 2.10. The summed E-state index contributed by atoms with van der Waals surface area (Å²) in [7, 11) is 0. The Labute approximate surface area is 116 Å². The van der Waals surface area contributed by atoms with E-state index in [0.717, 1.165) is 17.0 Å². The van der Waals surface area contributed by atoms with Gasteiger partial charge in [0.15, 0.2) is 0 Å². The van der Waals surface area contributed by atoms with Crippen molar-refractivity contribution in [1.82, 2.24) is 9.55 Å². The molecular formula is C16H15N3O. The molecule has 0 saturated carbocycles. The van der Waals surface area contributed by atoms with E-state index in [-0.39, 0.29) is 5.56 Å². The van der Waals surface area contributed by atoms with E-state index in [0.29, 0.717) is 17.5 Å². The number of hydrogen-bond acceptors (Lipinski definition) is 3. The molecule has 100 valence electrons. The molecule has 0 aliphatic heterocycles. The highest BCUT2D eigenvalue weighted by Crippen LogP contribution is 2.14. The van der Waals surface area contributed by atoms with Crippen LogP contribution in [-0.4, -0.2) is 9.55 Å². The van der Waals surface area contributed by atoms with Crippen molar-refractivity contribution in [1.29, 1.82) is 0 Å². The lowest BCUT2D eigenvalue weighted by Crippen LogP contribution is -2.23. The minimum absolute atomic E-state index is 0.0442. The molecule has 0 spiro atoms. The van der Waals surface area contributed by atoms with Crippen LogP contribution >= 0.6 is 0 Å². The van der Waals surface area contributed by atoms with Crippen LogP contribution in [0, 0.1) is 0 Å². The van der Waals surface area contributed by atoms with Crippen molar-refractivity contribution in [3.8, 4) is 5.69 Å². The monoisotopic (exact) mass is 265 g/mol. The zero-order chi connectivity index (χ0) is 14.1. The summed E-state index contributed by atoms with van der Waals surface area (Å²) in [6.07, 6.45) is 0.685. The quantitative estimate of drug-likeness (QED) is 0.724. The molecule has 0 radical (unpaired) electrons. The number of anilines is 1. The second-order valence-electron chi connectivity index (χ2n) is 4.63. The molecule has 0 fully saturated rings. The lowest BCUT2D eigenvalue weighted by molar-refractivity contribution is 0.833. The fourth-order valence-corrected chi connectivity index (χ4v) is 2.31. The molecule has 4 heteroatoms. The van der Waals surface area contributed by atoms with Gasteiger partial charge in [0, 0.05) is 12.1 Å². The van der Waals surface area contributed by atoms with Gasteiger partial charge >= 0.3 is 0 Å². The van der Waals surface area contributed by atoms with Gasteiger partial charge in [0.1, 0.15) is 5.82 Å². The van der Waals surface area contributed by atoms with Crippen molar-refractivity contribution in [3.63, 3.8) is 0 Å². The van der Waals surface area contributed by atoms with Gasteiger partial charge in [-0.1, -0.05) is 19.1 Å². The highest BCUT2D eigenvalue weighted by molar-refractivity contribution is 5.77. The van der Waals surface area contributed by atoms with E-state index >= 15 is 0 Å². The minimum atomic E-state index is -0.0442. The maximum atomic E-state index is 12.7. The summed E-state index contributed by atoms with van der Waals surface area (Å²) in [5.41, 5.74) is 7.86. The van der Waals surface area contributed by atoms with Gasteiger partial charge in [0.05, 0.1) is 16.6 Å². The van der Waals surface area contributed by atoms with Gasteiger partial charge in [-0.25, -0.2) is 4.98 Å². The first-order valence-corrected chi connectivity index (χ1v) is 6.57. The van der Waals surface area contributed by atoms with E-state index in [2.05, 4.69) is 4.98 Å². The van der Waals surface area contributed by atoms with Crippen LogP contribution in [0.25, 0.3) is 16.6 Å².